The summed E-state index contributed by atoms with van der Waals surface area (Å²) in [6.45, 7) is 5.63. The number of allylic oxidation sites excluding steroid dienone is 1. The van der Waals surface area contributed by atoms with E-state index in [9.17, 15) is 4.79 Å². The zero-order chi connectivity index (χ0) is 12.9. The summed E-state index contributed by atoms with van der Waals surface area (Å²) in [7, 11) is 4.09. The van der Waals surface area contributed by atoms with E-state index in [4.69, 9.17) is 0 Å². The van der Waals surface area contributed by atoms with Crippen LogP contribution in [-0.2, 0) is 4.79 Å². The molecular formula is C13H27N3O. The number of carbonyl (C=O) groups is 1. The van der Waals surface area contributed by atoms with Crippen LogP contribution in [0.4, 0.5) is 0 Å². The van der Waals surface area contributed by atoms with Crippen LogP contribution in [0.3, 0.4) is 0 Å². The molecule has 1 amide bonds. The van der Waals surface area contributed by atoms with Crippen LogP contribution in [0.5, 0.6) is 0 Å². The second kappa shape index (κ2) is 11.6. The monoisotopic (exact) mass is 241 g/mol. The van der Waals surface area contributed by atoms with Crippen molar-refractivity contribution in [2.24, 2.45) is 0 Å². The number of nitrogens with zero attached hydrogens (tertiary/aromatic N) is 1. The average Bonchev–Trinajstić information content (AvgIpc) is 2.29. The van der Waals surface area contributed by atoms with E-state index in [1.54, 1.807) is 6.08 Å². The molecule has 0 radical (unpaired) electrons. The first-order valence-electron chi connectivity index (χ1n) is 6.46. The van der Waals surface area contributed by atoms with Crippen LogP contribution in [0, 0.1) is 0 Å². The van der Waals surface area contributed by atoms with Crippen molar-refractivity contribution in [3.8, 4) is 0 Å². The van der Waals surface area contributed by atoms with Gasteiger partial charge in [-0.3, -0.25) is 4.79 Å². The number of amides is 1. The fourth-order valence-electron chi connectivity index (χ4n) is 1.27. The van der Waals surface area contributed by atoms with Gasteiger partial charge in [-0.05, 0) is 26.6 Å². The Labute approximate surface area is 105 Å². The molecule has 17 heavy (non-hydrogen) atoms. The van der Waals surface area contributed by atoms with Gasteiger partial charge in [-0.2, -0.15) is 0 Å². The molecular weight excluding hydrogens is 214 g/mol. The van der Waals surface area contributed by atoms with E-state index in [0.717, 1.165) is 32.5 Å². The molecule has 0 unspecified atom stereocenters. The first-order valence-corrected chi connectivity index (χ1v) is 6.46. The molecule has 0 bridgehead atoms. The number of rotatable bonds is 10. The zero-order valence-corrected chi connectivity index (χ0v) is 11.5. The summed E-state index contributed by atoms with van der Waals surface area (Å²) in [5.74, 6) is 0.00973. The molecule has 0 aromatic heterocycles. The lowest BCUT2D eigenvalue weighted by molar-refractivity contribution is -0.116. The number of hydrogen-bond acceptors (Lipinski definition) is 3. The van der Waals surface area contributed by atoms with Gasteiger partial charge in [-0.15, -0.1) is 0 Å². The van der Waals surface area contributed by atoms with E-state index in [0.29, 0.717) is 6.54 Å². The summed E-state index contributed by atoms with van der Waals surface area (Å²) >= 11 is 0. The number of carbonyl (C=O) groups excluding carboxylic acids is 1. The fourth-order valence-corrected chi connectivity index (χ4v) is 1.27. The van der Waals surface area contributed by atoms with Crippen LogP contribution >= 0.6 is 0 Å². The van der Waals surface area contributed by atoms with E-state index < -0.39 is 0 Å². The Morgan fingerprint density at radius 2 is 2.00 bits per heavy atom. The Morgan fingerprint density at radius 1 is 1.24 bits per heavy atom. The number of hydrogen-bond donors (Lipinski definition) is 2. The van der Waals surface area contributed by atoms with Gasteiger partial charge in [0.05, 0.1) is 0 Å². The molecule has 0 aromatic rings. The minimum Gasteiger partial charge on any atom is -0.351 e. The molecule has 0 heterocycles. The van der Waals surface area contributed by atoms with E-state index in [1.165, 1.54) is 6.42 Å². The van der Waals surface area contributed by atoms with E-state index in [1.807, 2.05) is 20.2 Å². The normalized spacial score (nSPS) is 11.3. The van der Waals surface area contributed by atoms with Gasteiger partial charge in [0.1, 0.15) is 0 Å². The predicted octanol–water partition coefficient (Wildman–Crippen LogP) is 1.00. The Balaban J connectivity index is 3.30. The maximum Gasteiger partial charge on any atom is 0.243 e. The summed E-state index contributed by atoms with van der Waals surface area (Å²) in [5, 5.41) is 6.11. The van der Waals surface area contributed by atoms with Crippen LogP contribution in [0.2, 0.25) is 0 Å². The molecule has 2 N–H and O–H groups in total. The number of likely N-dealkylation sites (N-methyl/N-ethyl adjacent to an activating group) is 1. The minimum absolute atomic E-state index is 0.00973. The van der Waals surface area contributed by atoms with Crippen molar-refractivity contribution in [1.29, 1.82) is 0 Å². The first kappa shape index (κ1) is 16.1. The summed E-state index contributed by atoms with van der Waals surface area (Å²) in [5.41, 5.74) is 0. The summed E-state index contributed by atoms with van der Waals surface area (Å²) < 4.78 is 0. The third-order valence-electron chi connectivity index (χ3n) is 2.33. The van der Waals surface area contributed by atoms with Crippen LogP contribution < -0.4 is 10.6 Å². The molecule has 0 atom stereocenters. The lowest BCUT2D eigenvalue weighted by atomic mass is 10.2. The second-order valence-electron chi connectivity index (χ2n) is 4.39. The summed E-state index contributed by atoms with van der Waals surface area (Å²) in [6, 6.07) is 0. The highest BCUT2D eigenvalue weighted by molar-refractivity contribution is 5.87. The van der Waals surface area contributed by atoms with E-state index in [2.05, 4.69) is 22.5 Å². The Bertz CT molecular complexity index is 215. The molecule has 0 aliphatic rings. The van der Waals surface area contributed by atoms with Gasteiger partial charge in [0.15, 0.2) is 0 Å². The van der Waals surface area contributed by atoms with E-state index >= 15 is 0 Å². The smallest absolute Gasteiger partial charge is 0.243 e. The Hall–Kier alpha value is -0.870. The third kappa shape index (κ3) is 13.1. The molecule has 0 spiro atoms. The summed E-state index contributed by atoms with van der Waals surface area (Å²) in [6.07, 6.45) is 6.89. The predicted molar refractivity (Wildman–Crippen MR) is 73.1 cm³/mol. The summed E-state index contributed by atoms with van der Waals surface area (Å²) in [4.78, 5) is 13.4. The van der Waals surface area contributed by atoms with Crippen molar-refractivity contribution in [2.75, 3.05) is 40.3 Å². The second-order valence-corrected chi connectivity index (χ2v) is 4.39. The van der Waals surface area contributed by atoms with Gasteiger partial charge in [0.2, 0.25) is 5.91 Å². The molecule has 100 valence electrons. The van der Waals surface area contributed by atoms with Gasteiger partial charge in [0, 0.05) is 26.2 Å². The van der Waals surface area contributed by atoms with Crippen molar-refractivity contribution in [2.45, 2.75) is 26.2 Å². The van der Waals surface area contributed by atoms with Gasteiger partial charge < -0.3 is 15.5 Å². The first-order chi connectivity index (χ1) is 8.16. The van der Waals surface area contributed by atoms with Crippen molar-refractivity contribution >= 4 is 5.91 Å². The number of nitrogens with one attached hydrogen (secondary N) is 2. The lowest BCUT2D eigenvalue weighted by Crippen LogP contribution is -2.34. The number of unbranched alkanes of at least 4 members (excludes halogenated alkanes) is 2. The standard InChI is InChI=1S/C13H27N3O/c1-4-5-6-7-8-13(17)15-10-9-14-11-12-16(2)3/h7-8,14H,4-6,9-12H2,1-3H3,(H,15,17)/b8-7+. The molecule has 4 nitrogen and oxygen atoms in total. The highest BCUT2D eigenvalue weighted by Gasteiger charge is 1.94. The molecule has 0 saturated carbocycles. The van der Waals surface area contributed by atoms with Crippen molar-refractivity contribution < 1.29 is 4.79 Å². The lowest BCUT2D eigenvalue weighted by Gasteiger charge is -2.10. The Morgan fingerprint density at radius 3 is 2.65 bits per heavy atom. The molecule has 0 aliphatic heterocycles. The fraction of sp³-hybridized carbons (Fsp3) is 0.769. The molecule has 0 aliphatic carbocycles. The highest BCUT2D eigenvalue weighted by Crippen LogP contribution is 1.94. The van der Waals surface area contributed by atoms with Crippen LogP contribution in [0.1, 0.15) is 26.2 Å². The van der Waals surface area contributed by atoms with Crippen LogP contribution in [0.15, 0.2) is 12.2 Å². The topological polar surface area (TPSA) is 44.4 Å². The average molecular weight is 241 g/mol. The third-order valence-corrected chi connectivity index (χ3v) is 2.33. The van der Waals surface area contributed by atoms with Gasteiger partial charge in [0.25, 0.3) is 0 Å². The maximum absolute atomic E-state index is 11.3. The van der Waals surface area contributed by atoms with Crippen LogP contribution in [0.25, 0.3) is 0 Å². The van der Waals surface area contributed by atoms with Gasteiger partial charge in [-0.25, -0.2) is 0 Å². The van der Waals surface area contributed by atoms with Crippen molar-refractivity contribution in [3.63, 3.8) is 0 Å². The molecule has 0 rings (SSSR count). The van der Waals surface area contributed by atoms with Crippen molar-refractivity contribution in [3.05, 3.63) is 12.2 Å². The quantitative estimate of drug-likeness (QED) is 0.443. The van der Waals surface area contributed by atoms with Crippen molar-refractivity contribution in [1.82, 2.24) is 15.5 Å². The minimum atomic E-state index is 0.00973. The van der Waals surface area contributed by atoms with Gasteiger partial charge in [-0.1, -0.05) is 25.8 Å². The molecule has 0 fully saturated rings. The molecule has 0 saturated heterocycles. The Kier molecular flexibility index (Phi) is 11.0. The largest absolute Gasteiger partial charge is 0.351 e. The van der Waals surface area contributed by atoms with Gasteiger partial charge >= 0.3 is 0 Å². The van der Waals surface area contributed by atoms with E-state index in [-0.39, 0.29) is 5.91 Å². The highest BCUT2D eigenvalue weighted by atomic mass is 16.1. The zero-order valence-electron chi connectivity index (χ0n) is 11.5. The van der Waals surface area contributed by atoms with Crippen LogP contribution in [-0.4, -0.2) is 51.1 Å². The molecule has 0 aromatic carbocycles. The molecule has 4 heteroatoms. The maximum atomic E-state index is 11.3. The SMILES string of the molecule is CCCC/C=C/C(=O)NCCNCCN(C)C.